The third-order valence-corrected chi connectivity index (χ3v) is 27.1. The lowest BCUT2D eigenvalue weighted by Gasteiger charge is -2.36. The summed E-state index contributed by atoms with van der Waals surface area (Å²) in [6.07, 6.45) is 12.1. The van der Waals surface area contributed by atoms with Crippen LogP contribution in [-0.2, 0) is 47.3 Å². The Kier molecular flexibility index (Phi) is 20.6. The quantitative estimate of drug-likeness (QED) is 0.0712. The summed E-state index contributed by atoms with van der Waals surface area (Å²) in [4.78, 5) is 10.6. The van der Waals surface area contributed by atoms with Gasteiger partial charge >= 0.3 is 0 Å². The molecule has 0 amide bonds. The molecule has 8 heteroatoms. The van der Waals surface area contributed by atoms with Crippen LogP contribution in [0.5, 0.6) is 0 Å². The van der Waals surface area contributed by atoms with Crippen LogP contribution >= 0.6 is 0 Å². The summed E-state index contributed by atoms with van der Waals surface area (Å²) in [6.45, 7) is 37.3. The average molecular weight is 1670 g/mol. The minimum Gasteiger partial charge on any atom is -0.317 e. The predicted molar refractivity (Wildman–Crippen MR) is 549 cm³/mol. The Hall–Kier alpha value is -14.1. The van der Waals surface area contributed by atoms with Crippen molar-refractivity contribution in [1.29, 1.82) is 0 Å². The van der Waals surface area contributed by atoms with Gasteiger partial charge in [-0.3, -0.25) is 0 Å². The first-order chi connectivity index (χ1) is 61.9. The molecule has 0 bridgehead atoms. The van der Waals surface area contributed by atoms with Gasteiger partial charge in [-0.15, -0.1) is 0 Å². The van der Waals surface area contributed by atoms with Crippen LogP contribution in [0.4, 0.5) is 68.2 Å². The van der Waals surface area contributed by atoms with Crippen LogP contribution in [0.25, 0.3) is 98.7 Å². The van der Waals surface area contributed by atoms with Gasteiger partial charge in [0.2, 0.25) is 0 Å². The number of para-hydroxylation sites is 4. The summed E-state index contributed by atoms with van der Waals surface area (Å²) in [5.74, 6) is 0. The second-order valence-electron chi connectivity index (χ2n) is 38.9. The van der Waals surface area contributed by atoms with Gasteiger partial charge in [-0.1, -0.05) is 256 Å². The normalized spacial score (nSPS) is 12.3. The van der Waals surface area contributed by atoms with Crippen LogP contribution < -0.4 is 19.6 Å². The lowest BCUT2D eigenvalue weighted by Crippen LogP contribution is -2.18. The number of hydrogen-bond acceptors (Lipinski definition) is 4. The van der Waals surface area contributed by atoms with E-state index in [0.717, 1.165) is 171 Å². The van der Waals surface area contributed by atoms with E-state index in [9.17, 15) is 0 Å². The van der Waals surface area contributed by atoms with E-state index < -0.39 is 0 Å². The number of benzene rings is 16. The summed E-state index contributed by atoms with van der Waals surface area (Å²) in [6, 6.07) is 125. The zero-order valence-electron chi connectivity index (χ0n) is 76.9. The van der Waals surface area contributed by atoms with E-state index in [1.807, 2.05) is 0 Å². The van der Waals surface area contributed by atoms with Crippen molar-refractivity contribution in [2.45, 2.75) is 158 Å². The van der Waals surface area contributed by atoms with Gasteiger partial charge in [0.05, 0.1) is 67.6 Å². The molecule has 0 aliphatic heterocycles. The fourth-order valence-electron chi connectivity index (χ4n) is 20.4. The molecule has 0 saturated carbocycles. The number of aromatic nitrogens is 4. The fourth-order valence-corrected chi connectivity index (χ4v) is 20.4. The highest BCUT2D eigenvalue weighted by Gasteiger charge is 2.34. The molecule has 0 saturated heterocycles. The SMILES string of the molecule is CCc1c(N(c2ccc(C(C)(C)C)cc2)c2cc(N(c3ccc(C(C)(C)C)cc3)c3ccc4c(ccn4-c4ccccc4)c3CC)c3ccc4c(N(c5ccc(C(C)(C)C)cc5)c5ccc6c(ccn6-c6ccccc6)c5CC)cc(N(c5ccc(C(C)(C)C)cc5)c5ccc6c(ccn6-c6ccccc6)c5CC)c5ccc2c3c54)ccc2c1ccn2-c1ccccc1. The molecule has 0 N–H and O–H groups in total. The van der Waals surface area contributed by atoms with E-state index in [1.54, 1.807) is 0 Å². The van der Waals surface area contributed by atoms with Crippen molar-refractivity contribution in [3.8, 4) is 22.7 Å². The Balaban J connectivity index is 0.983. The van der Waals surface area contributed by atoms with Crippen LogP contribution in [0, 0.1) is 0 Å². The van der Waals surface area contributed by atoms with Gasteiger partial charge in [-0.2, -0.15) is 0 Å². The van der Waals surface area contributed by atoms with Gasteiger partial charge in [0.1, 0.15) is 0 Å². The third-order valence-electron chi connectivity index (χ3n) is 27.1. The maximum absolute atomic E-state index is 2.65. The first-order valence-corrected chi connectivity index (χ1v) is 46.0. The molecule has 20 rings (SSSR count). The third kappa shape index (κ3) is 14.2. The maximum atomic E-state index is 2.65. The second-order valence-corrected chi connectivity index (χ2v) is 38.9. The Morgan fingerprint density at radius 2 is 0.391 bits per heavy atom. The molecule has 4 aromatic heterocycles. The number of nitrogens with zero attached hydrogens (tertiary/aromatic N) is 8. The highest BCUT2D eigenvalue weighted by molar-refractivity contribution is 6.33. The van der Waals surface area contributed by atoms with Crippen molar-refractivity contribution in [2.24, 2.45) is 0 Å². The van der Waals surface area contributed by atoms with Crippen LogP contribution in [-0.4, -0.2) is 18.3 Å². The minimum atomic E-state index is -0.116. The molecule has 16 aromatic carbocycles. The second kappa shape index (κ2) is 32.1. The molecule has 0 unspecified atom stereocenters. The Morgan fingerprint density at radius 3 is 0.570 bits per heavy atom. The molecule has 20 aromatic rings. The van der Waals surface area contributed by atoms with E-state index in [-0.39, 0.29) is 21.7 Å². The summed E-state index contributed by atoms with van der Waals surface area (Å²) < 4.78 is 9.44. The van der Waals surface area contributed by atoms with Crippen molar-refractivity contribution in [1.82, 2.24) is 18.3 Å². The molecule has 0 aliphatic rings. The lowest BCUT2D eigenvalue weighted by atomic mass is 9.86. The van der Waals surface area contributed by atoms with Gasteiger partial charge in [0.15, 0.2) is 0 Å². The molecular formula is C120H114N8. The van der Waals surface area contributed by atoms with Gasteiger partial charge in [-0.05, 0) is 274 Å². The van der Waals surface area contributed by atoms with E-state index in [2.05, 4.69) is 501 Å². The molecular weight excluding hydrogens is 1550 g/mol. The van der Waals surface area contributed by atoms with Crippen LogP contribution in [0.3, 0.4) is 0 Å². The molecule has 0 fully saturated rings. The highest BCUT2D eigenvalue weighted by atomic mass is 15.2. The van der Waals surface area contributed by atoms with Crippen molar-refractivity contribution >= 4 is 144 Å². The van der Waals surface area contributed by atoms with Crippen molar-refractivity contribution in [3.63, 3.8) is 0 Å². The van der Waals surface area contributed by atoms with Gasteiger partial charge in [0.25, 0.3) is 0 Å². The summed E-state index contributed by atoms with van der Waals surface area (Å²) in [5, 5.41) is 11.7. The van der Waals surface area contributed by atoms with E-state index in [4.69, 9.17) is 0 Å². The average Bonchev–Trinajstić information content (AvgIpc) is 0.944. The number of anilines is 12. The van der Waals surface area contributed by atoms with Crippen molar-refractivity contribution in [3.05, 3.63) is 397 Å². The first-order valence-electron chi connectivity index (χ1n) is 46.0. The molecule has 8 nitrogen and oxygen atoms in total. The minimum absolute atomic E-state index is 0.116. The lowest BCUT2D eigenvalue weighted by molar-refractivity contribution is 0.590. The number of fused-ring (bicyclic) bond motifs is 4. The Labute approximate surface area is 754 Å². The van der Waals surface area contributed by atoms with Crippen molar-refractivity contribution in [2.75, 3.05) is 19.6 Å². The van der Waals surface area contributed by atoms with Crippen molar-refractivity contribution < 1.29 is 0 Å². The smallest absolute Gasteiger partial charge is 0.0561 e. The van der Waals surface area contributed by atoms with E-state index in [0.29, 0.717) is 0 Å². The molecule has 4 heterocycles. The Bertz CT molecular complexity index is 6630. The molecule has 128 heavy (non-hydrogen) atoms. The molecule has 0 radical (unpaired) electrons. The molecule has 634 valence electrons. The Morgan fingerprint density at radius 1 is 0.195 bits per heavy atom. The molecule has 0 atom stereocenters. The number of aryl methyl sites for hydroxylation is 4. The van der Waals surface area contributed by atoms with Crippen LogP contribution in [0.1, 0.15) is 155 Å². The van der Waals surface area contributed by atoms with E-state index in [1.165, 1.54) is 66.1 Å². The summed E-state index contributed by atoms with van der Waals surface area (Å²) in [7, 11) is 0. The number of hydrogen-bond donors (Lipinski definition) is 0. The zero-order chi connectivity index (χ0) is 88.4. The molecule has 0 aliphatic carbocycles. The van der Waals surface area contributed by atoms with Gasteiger partial charge < -0.3 is 37.9 Å². The predicted octanol–water partition coefficient (Wildman–Crippen LogP) is 33.7. The topological polar surface area (TPSA) is 32.7 Å². The highest BCUT2D eigenvalue weighted by Crippen LogP contribution is 2.58. The zero-order valence-corrected chi connectivity index (χ0v) is 76.9. The standard InChI is InChI=1S/C120H114N8/c1-17-91-95-69-73-121(83-33-25-21-26-34-83)103(95)61-65-107(91)125(87-49-41-79(42-50-87)117(5,6)7)111-77-112(126(88-51-43-80(44-52-88)118(8,9)10)108-66-62-104-96(92(108)18-2)70-74-122(104)84-35-27-22-28-36-84)100-59-60-102-114(128(90-55-47-82(48-56-90)120(14,15)16)110-68-64-106-98(94(110)20-4)72-76-124(106)86-39-31-24-32-40-86)78-113(101-58-57-99(111)115(100)116(101)102)127(89-53-45-81(46-54-89)119(11,12)13)109-67-63-105-97(93(109)19-3)71-75-123(105)85-37-29-23-30-38-85/h21-78H,17-20H2,1-16H3. The monoisotopic (exact) mass is 1670 g/mol. The summed E-state index contributed by atoms with van der Waals surface area (Å²) >= 11 is 0. The van der Waals surface area contributed by atoms with Crippen LogP contribution in [0.2, 0.25) is 0 Å². The number of rotatable bonds is 20. The van der Waals surface area contributed by atoms with Gasteiger partial charge in [0, 0.05) is 124 Å². The van der Waals surface area contributed by atoms with Crippen LogP contribution in [0.15, 0.2) is 352 Å². The molecule has 0 spiro atoms. The largest absolute Gasteiger partial charge is 0.317 e. The maximum Gasteiger partial charge on any atom is 0.0561 e. The summed E-state index contributed by atoms with van der Waals surface area (Å²) in [5.41, 5.74) is 31.8. The first kappa shape index (κ1) is 82.2. The fraction of sp³-hybridized carbons (Fsp3) is 0.200. The van der Waals surface area contributed by atoms with E-state index >= 15 is 0 Å². The van der Waals surface area contributed by atoms with Gasteiger partial charge in [-0.25, -0.2) is 0 Å².